The summed E-state index contributed by atoms with van der Waals surface area (Å²) in [4.78, 5) is 12.8. The highest BCUT2D eigenvalue weighted by Crippen LogP contribution is 2.59. The molecule has 0 radical (unpaired) electrons. The molecule has 164 valence electrons. The average Bonchev–Trinajstić information content (AvgIpc) is 2.75. The molecule has 1 aromatic carbocycles. The van der Waals surface area contributed by atoms with Crippen LogP contribution in [0.3, 0.4) is 0 Å². The van der Waals surface area contributed by atoms with Gasteiger partial charge in [-0.3, -0.25) is 4.79 Å². The number of fused-ring (bicyclic) bond motifs is 3. The molecule has 4 aliphatic carbocycles. The summed E-state index contributed by atoms with van der Waals surface area (Å²) in [5.41, 5.74) is 2.57. The summed E-state index contributed by atoms with van der Waals surface area (Å²) in [5.74, 6) is 1.52. The van der Waals surface area contributed by atoms with Crippen LogP contribution in [0.2, 0.25) is 0 Å². The zero-order chi connectivity index (χ0) is 21.2. The molecule has 0 atom stereocenters. The smallest absolute Gasteiger partial charge is 0.136 e. The van der Waals surface area contributed by atoms with E-state index >= 15 is 0 Å². The molecule has 0 N–H and O–H groups in total. The fourth-order valence-corrected chi connectivity index (χ4v) is 5.79. The van der Waals surface area contributed by atoms with Gasteiger partial charge in [-0.25, -0.2) is 4.39 Å². The number of hydrogen-bond acceptors (Lipinski definition) is 3. The first kappa shape index (κ1) is 21.5. The Balaban J connectivity index is 1.33. The summed E-state index contributed by atoms with van der Waals surface area (Å²) in [6.45, 7) is 2.24. The second kappa shape index (κ2) is 8.82. The van der Waals surface area contributed by atoms with Gasteiger partial charge in [-0.05, 0) is 91.9 Å². The van der Waals surface area contributed by atoms with E-state index < -0.39 is 0 Å². The van der Waals surface area contributed by atoms with Gasteiger partial charge in [0.05, 0.1) is 12.4 Å². The summed E-state index contributed by atoms with van der Waals surface area (Å²) in [6, 6.07) is 8.45. The Morgan fingerprint density at radius 2 is 1.73 bits per heavy atom. The zero-order valence-electron chi connectivity index (χ0n) is 18.4. The summed E-state index contributed by atoms with van der Waals surface area (Å²) in [7, 11) is 1.74. The Morgan fingerprint density at radius 3 is 2.27 bits per heavy atom. The lowest BCUT2D eigenvalue weighted by atomic mass is 9.50. The number of halogens is 1. The maximum absolute atomic E-state index is 12.8. The van der Waals surface area contributed by atoms with Crippen LogP contribution in [0.25, 0.3) is 0 Å². The molecule has 0 spiro atoms. The standard InChI is InChI=1S/C26H35FO3/c1-3-19(17-27)18-30-22-6-4-21(5-7-22)26-11-8-25(9-12-26,10-13-26)16-24(28)20-14-23(15-20)29-2/h4-7,17,20,23H,3,8-16,18H2,1-2H3/b19-17+. The zero-order valence-corrected chi connectivity index (χ0v) is 18.4. The van der Waals surface area contributed by atoms with Crippen molar-refractivity contribution in [2.75, 3.05) is 13.7 Å². The topological polar surface area (TPSA) is 35.5 Å². The van der Waals surface area contributed by atoms with E-state index in [0.29, 0.717) is 36.8 Å². The Bertz CT molecular complexity index is 751. The molecule has 30 heavy (non-hydrogen) atoms. The number of benzene rings is 1. The second-order valence-electron chi connectivity index (χ2n) is 9.88. The maximum Gasteiger partial charge on any atom is 0.136 e. The van der Waals surface area contributed by atoms with Gasteiger partial charge in [0.2, 0.25) is 0 Å². The van der Waals surface area contributed by atoms with Crippen LogP contribution in [0.15, 0.2) is 36.2 Å². The van der Waals surface area contributed by atoms with Gasteiger partial charge in [-0.1, -0.05) is 19.1 Å². The molecule has 4 aliphatic rings. The number of methoxy groups -OCH3 is 1. The summed E-state index contributed by atoms with van der Waals surface area (Å²) in [6.07, 6.45) is 11.3. The normalized spacial score (nSPS) is 33.2. The molecule has 4 fully saturated rings. The molecule has 0 aliphatic heterocycles. The summed E-state index contributed by atoms with van der Waals surface area (Å²) >= 11 is 0. The molecule has 4 heteroatoms. The lowest BCUT2D eigenvalue weighted by Crippen LogP contribution is -2.46. The van der Waals surface area contributed by atoms with Crippen LogP contribution in [0.4, 0.5) is 4.39 Å². The first-order valence-electron chi connectivity index (χ1n) is 11.6. The highest BCUT2D eigenvalue weighted by Gasteiger charge is 2.50. The van der Waals surface area contributed by atoms with Crippen LogP contribution in [0.5, 0.6) is 5.75 Å². The number of ketones is 1. The SMILES string of the molecule is CC/C(=C\F)COc1ccc(C23CCC(CC(=O)C4CC(OC)C4)(CC2)CC3)cc1. The van der Waals surface area contributed by atoms with Crippen molar-refractivity contribution in [2.24, 2.45) is 11.3 Å². The maximum atomic E-state index is 12.8. The van der Waals surface area contributed by atoms with Crippen molar-refractivity contribution in [3.63, 3.8) is 0 Å². The molecular formula is C26H35FO3. The molecule has 1 aromatic rings. The van der Waals surface area contributed by atoms with Gasteiger partial charge in [-0.15, -0.1) is 0 Å². The van der Waals surface area contributed by atoms with Gasteiger partial charge in [0.25, 0.3) is 0 Å². The van der Waals surface area contributed by atoms with Gasteiger partial charge in [0.1, 0.15) is 18.1 Å². The third-order valence-corrected chi connectivity index (χ3v) is 8.33. The van der Waals surface area contributed by atoms with E-state index in [0.717, 1.165) is 25.0 Å². The van der Waals surface area contributed by atoms with Crippen molar-refractivity contribution < 1.29 is 18.7 Å². The van der Waals surface area contributed by atoms with Crippen LogP contribution >= 0.6 is 0 Å². The van der Waals surface area contributed by atoms with Crippen molar-refractivity contribution in [3.05, 3.63) is 41.7 Å². The first-order chi connectivity index (χ1) is 14.5. The number of rotatable bonds is 9. The number of carbonyl (C=O) groups is 1. The molecule has 2 bridgehead atoms. The minimum atomic E-state index is 0.242. The molecular weight excluding hydrogens is 379 g/mol. The van der Waals surface area contributed by atoms with E-state index in [9.17, 15) is 9.18 Å². The quantitative estimate of drug-likeness (QED) is 0.475. The van der Waals surface area contributed by atoms with Crippen LogP contribution in [0, 0.1) is 11.3 Å². The van der Waals surface area contributed by atoms with Crippen LogP contribution < -0.4 is 4.74 Å². The number of Topliss-reactive ketones (excluding diaryl/α,β-unsaturated/α-hetero) is 1. The van der Waals surface area contributed by atoms with Crippen molar-refractivity contribution >= 4 is 5.78 Å². The Labute approximate surface area is 180 Å². The van der Waals surface area contributed by atoms with E-state index in [4.69, 9.17) is 9.47 Å². The van der Waals surface area contributed by atoms with E-state index in [2.05, 4.69) is 12.1 Å². The number of ether oxygens (including phenoxy) is 2. The Kier molecular flexibility index (Phi) is 6.34. The van der Waals surface area contributed by atoms with Crippen molar-refractivity contribution in [1.82, 2.24) is 0 Å². The number of carbonyl (C=O) groups excluding carboxylic acids is 1. The fraction of sp³-hybridized carbons (Fsp3) is 0.654. The molecule has 0 heterocycles. The predicted molar refractivity (Wildman–Crippen MR) is 116 cm³/mol. The fourth-order valence-electron chi connectivity index (χ4n) is 5.79. The predicted octanol–water partition coefficient (Wildman–Crippen LogP) is 6.31. The average molecular weight is 415 g/mol. The minimum Gasteiger partial charge on any atom is -0.489 e. The van der Waals surface area contributed by atoms with Crippen molar-refractivity contribution in [3.8, 4) is 5.75 Å². The van der Waals surface area contributed by atoms with E-state index in [1.165, 1.54) is 44.1 Å². The Hall–Kier alpha value is -1.68. The highest BCUT2D eigenvalue weighted by molar-refractivity contribution is 5.82. The van der Waals surface area contributed by atoms with Gasteiger partial charge in [-0.2, -0.15) is 0 Å². The minimum absolute atomic E-state index is 0.242. The molecule has 5 rings (SSSR count). The van der Waals surface area contributed by atoms with Crippen molar-refractivity contribution in [1.29, 1.82) is 0 Å². The van der Waals surface area contributed by atoms with Crippen LogP contribution in [-0.4, -0.2) is 25.6 Å². The Morgan fingerprint density at radius 1 is 1.10 bits per heavy atom. The van der Waals surface area contributed by atoms with Crippen LogP contribution in [0.1, 0.15) is 76.7 Å². The highest BCUT2D eigenvalue weighted by atomic mass is 19.1. The van der Waals surface area contributed by atoms with Gasteiger partial charge >= 0.3 is 0 Å². The molecule has 3 nitrogen and oxygen atoms in total. The second-order valence-corrected chi connectivity index (χ2v) is 9.88. The van der Waals surface area contributed by atoms with Gasteiger partial charge in [0, 0.05) is 19.4 Å². The molecule has 0 unspecified atom stereocenters. The summed E-state index contributed by atoms with van der Waals surface area (Å²) < 4.78 is 23.8. The monoisotopic (exact) mass is 414 g/mol. The molecule has 0 aromatic heterocycles. The van der Waals surface area contributed by atoms with E-state index in [1.807, 2.05) is 19.1 Å². The molecule has 0 amide bonds. The van der Waals surface area contributed by atoms with E-state index in [-0.39, 0.29) is 16.7 Å². The lowest BCUT2D eigenvalue weighted by molar-refractivity contribution is -0.135. The molecule has 0 saturated heterocycles. The third kappa shape index (κ3) is 4.21. The third-order valence-electron chi connectivity index (χ3n) is 8.33. The summed E-state index contributed by atoms with van der Waals surface area (Å²) in [5, 5.41) is 0. The number of hydrogen-bond donors (Lipinski definition) is 0. The van der Waals surface area contributed by atoms with Gasteiger partial charge < -0.3 is 9.47 Å². The van der Waals surface area contributed by atoms with Gasteiger partial charge in [0.15, 0.2) is 0 Å². The van der Waals surface area contributed by atoms with Crippen LogP contribution in [-0.2, 0) is 14.9 Å². The van der Waals surface area contributed by atoms with Crippen molar-refractivity contribution in [2.45, 2.75) is 82.7 Å². The van der Waals surface area contributed by atoms with E-state index in [1.54, 1.807) is 7.11 Å². The molecule has 4 saturated carbocycles. The first-order valence-corrected chi connectivity index (χ1v) is 11.6. The largest absolute Gasteiger partial charge is 0.489 e. The lowest BCUT2D eigenvalue weighted by Gasteiger charge is -2.54.